The number of likely N-dealkylation sites (tertiary alicyclic amines) is 1. The molecule has 6 nitrogen and oxygen atoms in total. The molecular formula is C26H29N3O3. The van der Waals surface area contributed by atoms with Crippen LogP contribution >= 0.6 is 0 Å². The average Bonchev–Trinajstić information content (AvgIpc) is 3.33. The molecule has 1 atom stereocenters. The van der Waals surface area contributed by atoms with Crippen molar-refractivity contribution in [3.63, 3.8) is 0 Å². The topological polar surface area (TPSA) is 56.6 Å². The van der Waals surface area contributed by atoms with Crippen LogP contribution in [0, 0.1) is 13.8 Å². The van der Waals surface area contributed by atoms with E-state index in [1.165, 1.54) is 0 Å². The third kappa shape index (κ3) is 4.09. The van der Waals surface area contributed by atoms with Gasteiger partial charge in [0, 0.05) is 18.7 Å². The second-order valence-electron chi connectivity index (χ2n) is 8.68. The molecule has 1 amide bonds. The molecule has 5 rings (SSSR count). The molecule has 1 fully saturated rings. The Balaban J connectivity index is 1.30. The number of benzene rings is 2. The van der Waals surface area contributed by atoms with E-state index in [-0.39, 0.29) is 11.9 Å². The van der Waals surface area contributed by atoms with Crippen molar-refractivity contribution in [2.75, 3.05) is 19.8 Å². The summed E-state index contributed by atoms with van der Waals surface area (Å²) in [5, 5.41) is 4.54. The SMILES string of the molecule is Cc1cc(C)n(-c2ccc(CC(=O)N3CCCC3c3ccc4c(c3)OCCCO4)cc2)n1. The van der Waals surface area contributed by atoms with Crippen LogP contribution in [0.25, 0.3) is 5.69 Å². The molecular weight excluding hydrogens is 402 g/mol. The molecule has 1 unspecified atom stereocenters. The highest BCUT2D eigenvalue weighted by atomic mass is 16.5. The lowest BCUT2D eigenvalue weighted by atomic mass is 10.0. The second kappa shape index (κ2) is 8.69. The highest BCUT2D eigenvalue weighted by molar-refractivity contribution is 5.79. The highest BCUT2D eigenvalue weighted by Gasteiger charge is 2.30. The van der Waals surface area contributed by atoms with Gasteiger partial charge in [-0.25, -0.2) is 4.68 Å². The molecule has 0 spiro atoms. The third-order valence-corrected chi connectivity index (χ3v) is 6.28. The van der Waals surface area contributed by atoms with Crippen molar-refractivity contribution in [3.8, 4) is 17.2 Å². The van der Waals surface area contributed by atoms with Crippen LogP contribution in [0.4, 0.5) is 0 Å². The summed E-state index contributed by atoms with van der Waals surface area (Å²) in [6, 6.07) is 16.4. The average molecular weight is 432 g/mol. The first kappa shape index (κ1) is 20.6. The van der Waals surface area contributed by atoms with E-state index in [0.29, 0.717) is 19.6 Å². The molecule has 3 aromatic rings. The van der Waals surface area contributed by atoms with E-state index >= 15 is 0 Å². The zero-order chi connectivity index (χ0) is 22.1. The molecule has 32 heavy (non-hydrogen) atoms. The van der Waals surface area contributed by atoms with Gasteiger partial charge in [0.25, 0.3) is 0 Å². The van der Waals surface area contributed by atoms with Crippen molar-refractivity contribution < 1.29 is 14.3 Å². The highest BCUT2D eigenvalue weighted by Crippen LogP contribution is 2.38. The van der Waals surface area contributed by atoms with Crippen molar-refractivity contribution in [1.29, 1.82) is 0 Å². The summed E-state index contributed by atoms with van der Waals surface area (Å²) in [7, 11) is 0. The molecule has 0 bridgehead atoms. The maximum Gasteiger partial charge on any atom is 0.227 e. The molecule has 6 heteroatoms. The summed E-state index contributed by atoms with van der Waals surface area (Å²) < 4.78 is 13.6. The van der Waals surface area contributed by atoms with E-state index in [4.69, 9.17) is 9.47 Å². The van der Waals surface area contributed by atoms with Crippen LogP contribution in [-0.2, 0) is 11.2 Å². The minimum Gasteiger partial charge on any atom is -0.490 e. The quantitative estimate of drug-likeness (QED) is 0.608. The summed E-state index contributed by atoms with van der Waals surface area (Å²) >= 11 is 0. The van der Waals surface area contributed by atoms with E-state index in [9.17, 15) is 4.79 Å². The van der Waals surface area contributed by atoms with Crippen LogP contribution in [0.5, 0.6) is 11.5 Å². The molecule has 2 aliphatic rings. The molecule has 2 aliphatic heterocycles. The summed E-state index contributed by atoms with van der Waals surface area (Å²) in [5.41, 5.74) is 5.25. The number of aromatic nitrogens is 2. The fourth-order valence-electron chi connectivity index (χ4n) is 4.72. The van der Waals surface area contributed by atoms with Crippen molar-refractivity contribution >= 4 is 5.91 Å². The molecule has 3 heterocycles. The largest absolute Gasteiger partial charge is 0.490 e. The molecule has 2 aromatic carbocycles. The molecule has 1 saturated heterocycles. The van der Waals surface area contributed by atoms with E-state index in [2.05, 4.69) is 23.3 Å². The van der Waals surface area contributed by atoms with Gasteiger partial charge in [0.15, 0.2) is 11.5 Å². The standard InChI is InChI=1S/C26H29N3O3/c1-18-15-19(2)29(27-18)22-9-6-20(7-10-22)16-26(30)28-12-3-5-23(28)21-8-11-24-25(17-21)32-14-4-13-31-24/h6-11,15,17,23H,3-5,12-14,16H2,1-2H3. The first-order valence-electron chi connectivity index (χ1n) is 11.4. The van der Waals surface area contributed by atoms with E-state index < -0.39 is 0 Å². The van der Waals surface area contributed by atoms with Crippen molar-refractivity contribution in [2.24, 2.45) is 0 Å². The zero-order valence-corrected chi connectivity index (χ0v) is 18.7. The smallest absolute Gasteiger partial charge is 0.227 e. The van der Waals surface area contributed by atoms with Gasteiger partial charge in [0.2, 0.25) is 5.91 Å². The fourth-order valence-corrected chi connectivity index (χ4v) is 4.72. The normalized spacial score (nSPS) is 17.9. The maximum absolute atomic E-state index is 13.2. The van der Waals surface area contributed by atoms with Crippen molar-refractivity contribution in [2.45, 2.75) is 45.6 Å². The fraction of sp³-hybridized carbons (Fsp3) is 0.385. The van der Waals surface area contributed by atoms with E-state index in [0.717, 1.165) is 65.5 Å². The van der Waals surface area contributed by atoms with Gasteiger partial charge in [-0.2, -0.15) is 5.10 Å². The van der Waals surface area contributed by atoms with Crippen LogP contribution in [0.1, 0.15) is 47.8 Å². The Kier molecular flexibility index (Phi) is 5.60. The molecule has 1 aromatic heterocycles. The molecule has 0 aliphatic carbocycles. The Bertz CT molecular complexity index is 1120. The summed E-state index contributed by atoms with van der Waals surface area (Å²) in [6.45, 7) is 6.18. The first-order chi connectivity index (χ1) is 15.6. The Hall–Kier alpha value is -3.28. The zero-order valence-electron chi connectivity index (χ0n) is 18.7. The Morgan fingerprint density at radius 1 is 1.00 bits per heavy atom. The van der Waals surface area contributed by atoms with Gasteiger partial charge in [0.1, 0.15) is 0 Å². The van der Waals surface area contributed by atoms with Gasteiger partial charge in [-0.05, 0) is 68.1 Å². The predicted molar refractivity (Wildman–Crippen MR) is 122 cm³/mol. The predicted octanol–water partition coefficient (Wildman–Crippen LogP) is 4.56. The number of aryl methyl sites for hydroxylation is 2. The second-order valence-corrected chi connectivity index (χ2v) is 8.68. The number of nitrogens with zero attached hydrogens (tertiary/aromatic N) is 3. The third-order valence-electron chi connectivity index (χ3n) is 6.28. The molecule has 166 valence electrons. The Morgan fingerprint density at radius 2 is 1.78 bits per heavy atom. The van der Waals surface area contributed by atoms with Gasteiger partial charge >= 0.3 is 0 Å². The molecule has 0 radical (unpaired) electrons. The van der Waals surface area contributed by atoms with Gasteiger partial charge in [0.05, 0.1) is 37.1 Å². The number of carbonyl (C=O) groups is 1. The van der Waals surface area contributed by atoms with E-state index in [1.54, 1.807) is 0 Å². The number of hydrogen-bond acceptors (Lipinski definition) is 4. The summed E-state index contributed by atoms with van der Waals surface area (Å²) in [4.78, 5) is 15.2. The minimum atomic E-state index is 0.0913. The number of fused-ring (bicyclic) bond motifs is 1. The lowest BCUT2D eigenvalue weighted by molar-refractivity contribution is -0.131. The van der Waals surface area contributed by atoms with Crippen LogP contribution in [0.2, 0.25) is 0 Å². The minimum absolute atomic E-state index is 0.0913. The number of amides is 1. The lowest BCUT2D eigenvalue weighted by Gasteiger charge is -2.26. The first-order valence-corrected chi connectivity index (χ1v) is 11.4. The number of hydrogen-bond donors (Lipinski definition) is 0. The van der Waals surface area contributed by atoms with Crippen molar-refractivity contribution in [1.82, 2.24) is 14.7 Å². The monoisotopic (exact) mass is 431 g/mol. The Morgan fingerprint density at radius 3 is 2.53 bits per heavy atom. The van der Waals surface area contributed by atoms with Gasteiger partial charge in [-0.1, -0.05) is 18.2 Å². The number of ether oxygens (including phenoxy) is 2. The van der Waals surface area contributed by atoms with Crippen LogP contribution < -0.4 is 9.47 Å². The van der Waals surface area contributed by atoms with Crippen LogP contribution in [0.15, 0.2) is 48.5 Å². The van der Waals surface area contributed by atoms with Gasteiger partial charge < -0.3 is 14.4 Å². The van der Waals surface area contributed by atoms with Crippen molar-refractivity contribution in [3.05, 3.63) is 71.0 Å². The summed E-state index contributed by atoms with van der Waals surface area (Å²) in [6.07, 6.45) is 3.28. The van der Waals surface area contributed by atoms with Gasteiger partial charge in [-0.15, -0.1) is 0 Å². The molecule has 0 N–H and O–H groups in total. The van der Waals surface area contributed by atoms with Crippen LogP contribution in [-0.4, -0.2) is 40.3 Å². The number of carbonyl (C=O) groups excluding carboxylic acids is 1. The number of rotatable bonds is 4. The maximum atomic E-state index is 13.2. The van der Waals surface area contributed by atoms with E-state index in [1.807, 2.05) is 53.8 Å². The van der Waals surface area contributed by atoms with Crippen LogP contribution in [0.3, 0.4) is 0 Å². The summed E-state index contributed by atoms with van der Waals surface area (Å²) in [5.74, 6) is 1.75. The Labute approximate surface area is 188 Å². The molecule has 0 saturated carbocycles. The van der Waals surface area contributed by atoms with Gasteiger partial charge in [-0.3, -0.25) is 4.79 Å². The lowest BCUT2D eigenvalue weighted by Crippen LogP contribution is -2.31.